The molecule has 16 heavy (non-hydrogen) atoms. The van der Waals surface area contributed by atoms with Crippen LogP contribution in [0.4, 0.5) is 0 Å². The number of aromatic amines is 1. The van der Waals surface area contributed by atoms with Gasteiger partial charge in [0.1, 0.15) is 0 Å². The Bertz CT molecular complexity index is 537. The van der Waals surface area contributed by atoms with Crippen molar-refractivity contribution in [2.24, 2.45) is 0 Å². The van der Waals surface area contributed by atoms with E-state index in [4.69, 9.17) is 11.6 Å². The molecule has 4 heteroatoms. The smallest absolute Gasteiger partial charge is 0.264 e. The summed E-state index contributed by atoms with van der Waals surface area (Å²) >= 11 is 5.77. The van der Waals surface area contributed by atoms with Crippen LogP contribution in [-0.2, 0) is 0 Å². The summed E-state index contributed by atoms with van der Waals surface area (Å²) in [6.45, 7) is 0. The van der Waals surface area contributed by atoms with Crippen molar-refractivity contribution in [3.8, 4) is 0 Å². The summed E-state index contributed by atoms with van der Waals surface area (Å²) in [6, 6.07) is 10.6. The van der Waals surface area contributed by atoms with Crippen molar-refractivity contribution in [2.75, 3.05) is 0 Å². The highest BCUT2D eigenvalue weighted by Crippen LogP contribution is 2.11. The molecule has 0 unspecified atom stereocenters. The quantitative estimate of drug-likeness (QED) is 0.865. The molecule has 3 nitrogen and oxygen atoms in total. The van der Waals surface area contributed by atoms with Crippen LogP contribution in [0.3, 0.4) is 0 Å². The molecule has 1 aromatic heterocycles. The molecule has 80 valence electrons. The van der Waals surface area contributed by atoms with E-state index in [1.54, 1.807) is 6.07 Å². The molecule has 0 saturated heterocycles. The van der Waals surface area contributed by atoms with Crippen LogP contribution < -0.4 is 5.56 Å². The Labute approximate surface area is 97.4 Å². The minimum absolute atomic E-state index is 0.205. The first-order valence-electron chi connectivity index (χ1n) is 4.73. The lowest BCUT2D eigenvalue weighted by atomic mass is 10.2. The van der Waals surface area contributed by atoms with E-state index in [9.17, 15) is 4.79 Å². The number of aromatic nitrogens is 2. The number of nitrogens with one attached hydrogen (secondary N) is 1. The Kier molecular flexibility index (Phi) is 3.17. The van der Waals surface area contributed by atoms with Crippen LogP contribution in [0.25, 0.3) is 12.2 Å². The fourth-order valence-corrected chi connectivity index (χ4v) is 1.33. The highest BCUT2D eigenvalue weighted by molar-refractivity contribution is 6.30. The highest BCUT2D eigenvalue weighted by atomic mass is 35.5. The predicted molar refractivity (Wildman–Crippen MR) is 65.2 cm³/mol. The molecular weight excluding hydrogens is 224 g/mol. The molecule has 0 aliphatic heterocycles. The van der Waals surface area contributed by atoms with Gasteiger partial charge >= 0.3 is 0 Å². The second-order valence-corrected chi connectivity index (χ2v) is 3.67. The van der Waals surface area contributed by atoms with Gasteiger partial charge in [-0.2, -0.15) is 5.10 Å². The van der Waals surface area contributed by atoms with Gasteiger partial charge in [0.2, 0.25) is 0 Å². The van der Waals surface area contributed by atoms with E-state index in [2.05, 4.69) is 10.2 Å². The summed E-state index contributed by atoms with van der Waals surface area (Å²) in [4.78, 5) is 10.8. The van der Waals surface area contributed by atoms with Crippen molar-refractivity contribution in [2.45, 2.75) is 0 Å². The van der Waals surface area contributed by atoms with Crippen molar-refractivity contribution in [3.63, 3.8) is 0 Å². The van der Waals surface area contributed by atoms with Crippen molar-refractivity contribution in [1.29, 1.82) is 0 Å². The molecule has 0 radical (unpaired) electrons. The average molecular weight is 233 g/mol. The molecule has 0 aliphatic carbocycles. The lowest BCUT2D eigenvalue weighted by Gasteiger charge is -1.93. The molecule has 0 saturated carbocycles. The lowest BCUT2D eigenvalue weighted by Crippen LogP contribution is -2.05. The monoisotopic (exact) mass is 232 g/mol. The molecule has 1 N–H and O–H groups in total. The summed E-state index contributed by atoms with van der Waals surface area (Å²) in [6.07, 6.45) is 3.72. The summed E-state index contributed by atoms with van der Waals surface area (Å²) in [7, 11) is 0. The van der Waals surface area contributed by atoms with Crippen LogP contribution in [0.2, 0.25) is 5.02 Å². The first kappa shape index (κ1) is 10.6. The molecule has 1 aromatic carbocycles. The van der Waals surface area contributed by atoms with E-state index < -0.39 is 0 Å². The molecule has 0 atom stereocenters. The SMILES string of the molecule is O=c1ccc(C=Cc2ccc(Cl)cc2)n[nH]1. The zero-order chi connectivity index (χ0) is 11.4. The molecule has 0 bridgehead atoms. The summed E-state index contributed by atoms with van der Waals surface area (Å²) in [5.74, 6) is 0. The Morgan fingerprint density at radius 1 is 1.06 bits per heavy atom. The molecule has 1 heterocycles. The van der Waals surface area contributed by atoms with Gasteiger partial charge < -0.3 is 0 Å². The average Bonchev–Trinajstić information content (AvgIpc) is 2.30. The number of hydrogen-bond donors (Lipinski definition) is 1. The second kappa shape index (κ2) is 4.77. The van der Waals surface area contributed by atoms with E-state index >= 15 is 0 Å². The predicted octanol–water partition coefficient (Wildman–Crippen LogP) is 2.59. The van der Waals surface area contributed by atoms with Crippen molar-refractivity contribution < 1.29 is 0 Å². The molecular formula is C12H9ClN2O. The summed E-state index contributed by atoms with van der Waals surface area (Å²) in [5, 5.41) is 6.94. The second-order valence-electron chi connectivity index (χ2n) is 3.23. The Morgan fingerprint density at radius 2 is 1.81 bits per heavy atom. The summed E-state index contributed by atoms with van der Waals surface area (Å²) < 4.78 is 0. The number of H-pyrrole nitrogens is 1. The number of rotatable bonds is 2. The maximum Gasteiger partial charge on any atom is 0.264 e. The molecule has 2 rings (SSSR count). The molecule has 0 aliphatic rings. The van der Waals surface area contributed by atoms with E-state index in [-0.39, 0.29) is 5.56 Å². The normalized spacial score (nSPS) is 10.8. The van der Waals surface area contributed by atoms with Crippen molar-refractivity contribution in [3.05, 3.63) is 63.0 Å². The van der Waals surface area contributed by atoms with Gasteiger partial charge in [0, 0.05) is 11.1 Å². The van der Waals surface area contributed by atoms with Gasteiger partial charge in [-0.1, -0.05) is 29.8 Å². The summed E-state index contributed by atoms with van der Waals surface area (Å²) in [5.41, 5.74) is 1.52. The number of hydrogen-bond acceptors (Lipinski definition) is 2. The van der Waals surface area contributed by atoms with E-state index in [0.29, 0.717) is 10.7 Å². The number of halogens is 1. The first-order chi connectivity index (χ1) is 7.74. The molecule has 0 fully saturated rings. The fourth-order valence-electron chi connectivity index (χ4n) is 1.20. The zero-order valence-electron chi connectivity index (χ0n) is 8.35. The van der Waals surface area contributed by atoms with E-state index in [1.165, 1.54) is 6.07 Å². The van der Waals surface area contributed by atoms with Gasteiger partial charge in [0.05, 0.1) is 5.69 Å². The number of nitrogens with zero attached hydrogens (tertiary/aromatic N) is 1. The third-order valence-corrected chi connectivity index (χ3v) is 2.27. The topological polar surface area (TPSA) is 45.8 Å². The molecule has 0 spiro atoms. The maximum atomic E-state index is 10.8. The third-order valence-electron chi connectivity index (χ3n) is 2.02. The van der Waals surface area contributed by atoms with E-state index in [0.717, 1.165) is 5.56 Å². The van der Waals surface area contributed by atoms with Crippen LogP contribution in [0.5, 0.6) is 0 Å². The third kappa shape index (κ3) is 2.81. The van der Waals surface area contributed by atoms with E-state index in [1.807, 2.05) is 36.4 Å². The van der Waals surface area contributed by atoms with Crippen LogP contribution in [-0.4, -0.2) is 10.2 Å². The van der Waals surface area contributed by atoms with Gasteiger partial charge in [-0.25, -0.2) is 5.10 Å². The first-order valence-corrected chi connectivity index (χ1v) is 5.11. The van der Waals surface area contributed by atoms with Gasteiger partial charge in [0.25, 0.3) is 5.56 Å². The highest BCUT2D eigenvalue weighted by Gasteiger charge is 1.90. The lowest BCUT2D eigenvalue weighted by molar-refractivity contribution is 0.977. The van der Waals surface area contributed by atoms with Crippen molar-refractivity contribution >= 4 is 23.8 Å². The van der Waals surface area contributed by atoms with Gasteiger partial charge in [-0.15, -0.1) is 0 Å². The van der Waals surface area contributed by atoms with Gasteiger partial charge in [-0.05, 0) is 29.8 Å². The minimum atomic E-state index is -0.205. The van der Waals surface area contributed by atoms with Crippen LogP contribution in [0.1, 0.15) is 11.3 Å². The van der Waals surface area contributed by atoms with Gasteiger partial charge in [-0.3, -0.25) is 4.79 Å². The Morgan fingerprint density at radius 3 is 2.44 bits per heavy atom. The Balaban J connectivity index is 2.18. The van der Waals surface area contributed by atoms with Crippen LogP contribution >= 0.6 is 11.6 Å². The van der Waals surface area contributed by atoms with Crippen LogP contribution in [0.15, 0.2) is 41.2 Å². The largest absolute Gasteiger partial charge is 0.268 e. The minimum Gasteiger partial charge on any atom is -0.268 e. The van der Waals surface area contributed by atoms with Gasteiger partial charge in [0.15, 0.2) is 0 Å². The standard InChI is InChI=1S/C12H9ClN2O/c13-10-4-1-9(2-5-10)3-6-11-7-8-12(16)15-14-11/h1-8H,(H,15,16). The Hall–Kier alpha value is -1.87. The molecule has 0 amide bonds. The van der Waals surface area contributed by atoms with Crippen LogP contribution in [0, 0.1) is 0 Å². The van der Waals surface area contributed by atoms with Crippen molar-refractivity contribution in [1.82, 2.24) is 10.2 Å². The molecule has 2 aromatic rings. The number of benzene rings is 1. The maximum absolute atomic E-state index is 10.8. The zero-order valence-corrected chi connectivity index (χ0v) is 9.11. The fraction of sp³-hybridized carbons (Fsp3) is 0.